The van der Waals surface area contributed by atoms with Crippen molar-refractivity contribution in [2.75, 3.05) is 5.32 Å². The van der Waals surface area contributed by atoms with Gasteiger partial charge in [-0.3, -0.25) is 9.59 Å². The zero-order valence-electron chi connectivity index (χ0n) is 15.3. The van der Waals surface area contributed by atoms with E-state index >= 15 is 0 Å². The van der Waals surface area contributed by atoms with Crippen LogP contribution in [0.25, 0.3) is 0 Å². The molecule has 0 fully saturated rings. The third kappa shape index (κ3) is 5.82. The molecule has 1 heterocycles. The van der Waals surface area contributed by atoms with Crippen LogP contribution in [0.3, 0.4) is 0 Å². The molecule has 1 aromatic heterocycles. The van der Waals surface area contributed by atoms with Crippen molar-refractivity contribution in [1.82, 2.24) is 9.97 Å². The standard InChI is InChI=1S/C20H16Cl2FN3O2S/c1-11-15(9-18(27)25-14-6-7-16(21)17(22)8-14)19(28)26-20(24-11)29-10-12-2-4-13(23)5-3-12/h2-8H,9-10H2,1H3,(H,25,27)(H,24,26,28). The van der Waals surface area contributed by atoms with E-state index in [0.29, 0.717) is 32.3 Å². The third-order valence-electron chi connectivity index (χ3n) is 4.03. The van der Waals surface area contributed by atoms with E-state index in [0.717, 1.165) is 5.56 Å². The Morgan fingerprint density at radius 3 is 2.55 bits per heavy atom. The molecule has 0 aliphatic heterocycles. The topological polar surface area (TPSA) is 74.8 Å². The first-order chi connectivity index (χ1) is 13.8. The van der Waals surface area contributed by atoms with Crippen molar-refractivity contribution in [2.24, 2.45) is 0 Å². The Labute approximate surface area is 180 Å². The van der Waals surface area contributed by atoms with Gasteiger partial charge in [0.25, 0.3) is 5.56 Å². The van der Waals surface area contributed by atoms with E-state index in [1.807, 2.05) is 0 Å². The number of halogens is 3. The van der Waals surface area contributed by atoms with E-state index in [1.165, 1.54) is 30.0 Å². The van der Waals surface area contributed by atoms with Gasteiger partial charge in [0.2, 0.25) is 5.91 Å². The van der Waals surface area contributed by atoms with Crippen LogP contribution < -0.4 is 10.9 Å². The molecular weight excluding hydrogens is 436 g/mol. The van der Waals surface area contributed by atoms with Crippen LogP contribution in [0.4, 0.5) is 10.1 Å². The van der Waals surface area contributed by atoms with Crippen LogP contribution in [0.2, 0.25) is 10.0 Å². The third-order valence-corrected chi connectivity index (χ3v) is 5.71. The molecule has 0 radical (unpaired) electrons. The molecule has 9 heteroatoms. The van der Waals surface area contributed by atoms with Crippen LogP contribution in [0.15, 0.2) is 52.4 Å². The van der Waals surface area contributed by atoms with Gasteiger partial charge in [0, 0.05) is 22.7 Å². The Morgan fingerprint density at radius 1 is 1.17 bits per heavy atom. The fraction of sp³-hybridized carbons (Fsp3) is 0.150. The van der Waals surface area contributed by atoms with E-state index < -0.39 is 0 Å². The number of thioether (sulfide) groups is 1. The van der Waals surface area contributed by atoms with Crippen LogP contribution in [-0.2, 0) is 17.0 Å². The maximum atomic E-state index is 13.0. The average Bonchev–Trinajstić information content (AvgIpc) is 2.67. The Morgan fingerprint density at radius 2 is 1.90 bits per heavy atom. The van der Waals surface area contributed by atoms with Crippen molar-refractivity contribution < 1.29 is 9.18 Å². The van der Waals surface area contributed by atoms with Gasteiger partial charge in [0.1, 0.15) is 5.82 Å². The number of aryl methyl sites for hydroxylation is 1. The monoisotopic (exact) mass is 451 g/mol. The molecule has 29 heavy (non-hydrogen) atoms. The van der Waals surface area contributed by atoms with Crippen LogP contribution >= 0.6 is 35.0 Å². The second-order valence-corrected chi connectivity index (χ2v) is 7.98. The molecular formula is C20H16Cl2FN3O2S. The van der Waals surface area contributed by atoms with E-state index in [-0.39, 0.29) is 29.3 Å². The first-order valence-electron chi connectivity index (χ1n) is 8.54. The number of carbonyl (C=O) groups is 1. The van der Waals surface area contributed by atoms with Crippen LogP contribution in [0, 0.1) is 12.7 Å². The minimum atomic E-state index is -0.372. The number of anilines is 1. The SMILES string of the molecule is Cc1nc(SCc2ccc(F)cc2)[nH]c(=O)c1CC(=O)Nc1ccc(Cl)c(Cl)c1. The number of amides is 1. The summed E-state index contributed by atoms with van der Waals surface area (Å²) in [5, 5.41) is 3.82. The Hall–Kier alpha value is -2.35. The lowest BCUT2D eigenvalue weighted by molar-refractivity contribution is -0.115. The van der Waals surface area contributed by atoms with Gasteiger partial charge < -0.3 is 10.3 Å². The Kier molecular flexibility index (Phi) is 6.95. The van der Waals surface area contributed by atoms with E-state index in [4.69, 9.17) is 23.2 Å². The lowest BCUT2D eigenvalue weighted by Crippen LogP contribution is -2.23. The predicted octanol–water partition coefficient (Wildman–Crippen LogP) is 5.00. The molecule has 0 bridgehead atoms. The molecule has 3 rings (SSSR count). The number of nitrogens with zero attached hydrogens (tertiary/aromatic N) is 1. The summed E-state index contributed by atoms with van der Waals surface area (Å²) in [6.07, 6.45) is -0.128. The molecule has 0 aliphatic rings. The first-order valence-corrected chi connectivity index (χ1v) is 10.3. The van der Waals surface area contributed by atoms with Crippen molar-refractivity contribution in [3.8, 4) is 0 Å². The lowest BCUT2D eigenvalue weighted by Gasteiger charge is -2.09. The largest absolute Gasteiger partial charge is 0.326 e. The van der Waals surface area contributed by atoms with Gasteiger partial charge in [0.15, 0.2) is 5.16 Å². The van der Waals surface area contributed by atoms with Crippen molar-refractivity contribution >= 4 is 46.6 Å². The maximum Gasteiger partial charge on any atom is 0.255 e. The maximum absolute atomic E-state index is 13.0. The normalized spacial score (nSPS) is 10.8. The van der Waals surface area contributed by atoms with Crippen molar-refractivity contribution in [3.63, 3.8) is 0 Å². The number of aromatic amines is 1. The number of hydrogen-bond donors (Lipinski definition) is 2. The zero-order chi connectivity index (χ0) is 21.0. The Bertz CT molecular complexity index is 1100. The van der Waals surface area contributed by atoms with Crippen molar-refractivity contribution in [1.29, 1.82) is 0 Å². The van der Waals surface area contributed by atoms with E-state index in [2.05, 4.69) is 15.3 Å². The van der Waals surface area contributed by atoms with E-state index in [1.54, 1.807) is 31.2 Å². The molecule has 2 N–H and O–H groups in total. The number of aromatic nitrogens is 2. The first kappa shape index (κ1) is 21.4. The van der Waals surface area contributed by atoms with Gasteiger partial charge in [-0.15, -0.1) is 0 Å². The fourth-order valence-corrected chi connectivity index (χ4v) is 3.69. The predicted molar refractivity (Wildman–Crippen MR) is 114 cm³/mol. The average molecular weight is 452 g/mol. The summed E-state index contributed by atoms with van der Waals surface area (Å²) in [7, 11) is 0. The summed E-state index contributed by atoms with van der Waals surface area (Å²) >= 11 is 13.1. The smallest absolute Gasteiger partial charge is 0.255 e. The minimum Gasteiger partial charge on any atom is -0.326 e. The number of rotatable bonds is 6. The minimum absolute atomic E-state index is 0.128. The summed E-state index contributed by atoms with van der Waals surface area (Å²) in [5.41, 5.74) is 1.77. The van der Waals surface area contributed by atoms with Crippen molar-refractivity contribution in [3.05, 3.63) is 85.5 Å². The molecule has 0 spiro atoms. The quantitative estimate of drug-likeness (QED) is 0.408. The summed E-state index contributed by atoms with van der Waals surface area (Å²) in [6, 6.07) is 10.8. The number of benzene rings is 2. The molecule has 0 atom stereocenters. The van der Waals surface area contributed by atoms with Crippen molar-refractivity contribution in [2.45, 2.75) is 24.3 Å². The van der Waals surface area contributed by atoms with Gasteiger partial charge in [-0.05, 0) is 42.8 Å². The molecule has 0 saturated heterocycles. The molecule has 0 aliphatic carbocycles. The van der Waals surface area contributed by atoms with Gasteiger partial charge in [-0.2, -0.15) is 0 Å². The molecule has 2 aromatic carbocycles. The number of hydrogen-bond acceptors (Lipinski definition) is 4. The second kappa shape index (κ2) is 9.43. The summed E-state index contributed by atoms with van der Waals surface area (Å²) in [4.78, 5) is 31.8. The van der Waals surface area contributed by atoms with Gasteiger partial charge in [-0.25, -0.2) is 9.37 Å². The molecule has 5 nitrogen and oxygen atoms in total. The molecule has 0 unspecified atom stereocenters. The van der Waals surface area contributed by atoms with E-state index in [9.17, 15) is 14.0 Å². The number of nitrogens with one attached hydrogen (secondary N) is 2. The summed E-state index contributed by atoms with van der Waals surface area (Å²) in [6.45, 7) is 1.68. The van der Waals surface area contributed by atoms with Gasteiger partial charge >= 0.3 is 0 Å². The number of H-pyrrole nitrogens is 1. The number of carbonyl (C=O) groups excluding carboxylic acids is 1. The Balaban J connectivity index is 1.66. The summed E-state index contributed by atoms with van der Waals surface area (Å²) < 4.78 is 13.0. The zero-order valence-corrected chi connectivity index (χ0v) is 17.6. The van der Waals surface area contributed by atoms with Crippen LogP contribution in [0.1, 0.15) is 16.8 Å². The molecule has 0 saturated carbocycles. The van der Waals surface area contributed by atoms with Crippen LogP contribution in [0.5, 0.6) is 0 Å². The molecule has 1 amide bonds. The summed E-state index contributed by atoms with van der Waals surface area (Å²) in [5.74, 6) is -0.144. The highest BCUT2D eigenvalue weighted by molar-refractivity contribution is 7.98. The highest BCUT2D eigenvalue weighted by atomic mass is 35.5. The van der Waals surface area contributed by atoms with Gasteiger partial charge in [-0.1, -0.05) is 47.1 Å². The second-order valence-electron chi connectivity index (χ2n) is 6.20. The molecule has 3 aromatic rings. The van der Waals surface area contributed by atoms with Gasteiger partial charge in [0.05, 0.1) is 16.5 Å². The van der Waals surface area contributed by atoms with Crippen LogP contribution in [-0.4, -0.2) is 15.9 Å². The molecule has 150 valence electrons. The highest BCUT2D eigenvalue weighted by Gasteiger charge is 2.14. The lowest BCUT2D eigenvalue weighted by atomic mass is 10.1. The fourth-order valence-electron chi connectivity index (χ4n) is 2.53. The highest BCUT2D eigenvalue weighted by Crippen LogP contribution is 2.25.